The monoisotopic (exact) mass is 284 g/mol. The van der Waals surface area contributed by atoms with E-state index in [2.05, 4.69) is 15.3 Å². The van der Waals surface area contributed by atoms with Gasteiger partial charge in [-0.15, -0.1) is 0 Å². The lowest BCUT2D eigenvalue weighted by Gasteiger charge is -2.18. The van der Waals surface area contributed by atoms with Crippen molar-refractivity contribution in [1.29, 1.82) is 0 Å². The normalized spacial score (nSPS) is 10.2. The Morgan fingerprint density at radius 2 is 2.19 bits per heavy atom. The van der Waals surface area contributed by atoms with Crippen molar-refractivity contribution in [2.45, 2.75) is 19.9 Å². The molecule has 0 radical (unpaired) electrons. The smallest absolute Gasteiger partial charge is 0.254 e. The Balaban J connectivity index is 2.19. The Kier molecular flexibility index (Phi) is 4.87. The summed E-state index contributed by atoms with van der Waals surface area (Å²) >= 11 is 0. The number of hydrogen-bond acceptors (Lipinski definition) is 4. The van der Waals surface area contributed by atoms with Crippen LogP contribution in [0.2, 0.25) is 0 Å². The predicted octanol–water partition coefficient (Wildman–Crippen LogP) is 2.35. The van der Waals surface area contributed by atoms with Crippen molar-refractivity contribution in [2.24, 2.45) is 0 Å². The molecule has 1 N–H and O–H groups in total. The zero-order valence-corrected chi connectivity index (χ0v) is 12.6. The Morgan fingerprint density at radius 1 is 1.38 bits per heavy atom. The van der Waals surface area contributed by atoms with Gasteiger partial charge in [0.25, 0.3) is 5.91 Å². The number of nitrogens with one attached hydrogen (secondary N) is 1. The molecule has 0 aliphatic heterocycles. The van der Waals surface area contributed by atoms with Crippen LogP contribution in [-0.4, -0.2) is 34.9 Å². The highest BCUT2D eigenvalue weighted by atomic mass is 16.2. The predicted molar refractivity (Wildman–Crippen MR) is 83.2 cm³/mol. The van der Waals surface area contributed by atoms with E-state index in [1.54, 1.807) is 37.5 Å². The number of rotatable bonds is 5. The summed E-state index contributed by atoms with van der Waals surface area (Å²) in [6, 6.07) is 7.46. The third-order valence-corrected chi connectivity index (χ3v) is 3.23. The number of carbonyl (C=O) groups is 1. The Bertz CT molecular complexity index is 591. The molecular weight excluding hydrogens is 264 g/mol. The molecule has 0 fully saturated rings. The molecule has 5 nitrogen and oxygen atoms in total. The molecule has 2 rings (SSSR count). The third-order valence-electron chi connectivity index (χ3n) is 3.23. The van der Waals surface area contributed by atoms with Crippen LogP contribution in [0.3, 0.4) is 0 Å². The van der Waals surface area contributed by atoms with Crippen LogP contribution in [0, 0.1) is 0 Å². The van der Waals surface area contributed by atoms with Crippen molar-refractivity contribution in [3.63, 3.8) is 0 Å². The molecule has 0 atom stereocenters. The maximum Gasteiger partial charge on any atom is 0.254 e. The minimum atomic E-state index is -0.0209. The number of aromatic nitrogens is 2. The van der Waals surface area contributed by atoms with Gasteiger partial charge >= 0.3 is 0 Å². The number of anilines is 1. The molecule has 110 valence electrons. The molecule has 0 aliphatic carbocycles. The first-order valence-corrected chi connectivity index (χ1v) is 6.97. The molecule has 0 bridgehead atoms. The first kappa shape index (κ1) is 15.0. The summed E-state index contributed by atoms with van der Waals surface area (Å²) in [5.41, 5.74) is 2.56. The van der Waals surface area contributed by atoms with E-state index in [1.807, 2.05) is 25.1 Å². The molecule has 2 aromatic heterocycles. The highest BCUT2D eigenvalue weighted by molar-refractivity contribution is 5.94. The van der Waals surface area contributed by atoms with Crippen molar-refractivity contribution >= 4 is 11.7 Å². The van der Waals surface area contributed by atoms with Gasteiger partial charge in [0.2, 0.25) is 0 Å². The lowest BCUT2D eigenvalue weighted by atomic mass is 10.1. The van der Waals surface area contributed by atoms with E-state index >= 15 is 0 Å². The van der Waals surface area contributed by atoms with E-state index < -0.39 is 0 Å². The van der Waals surface area contributed by atoms with E-state index in [9.17, 15) is 4.79 Å². The summed E-state index contributed by atoms with van der Waals surface area (Å²) in [7, 11) is 3.59. The van der Waals surface area contributed by atoms with Crippen molar-refractivity contribution in [3.8, 4) is 0 Å². The fourth-order valence-electron chi connectivity index (χ4n) is 2.08. The minimum Gasteiger partial charge on any atom is -0.373 e. The average Bonchev–Trinajstić information content (AvgIpc) is 2.54. The zero-order valence-electron chi connectivity index (χ0n) is 12.6. The number of amides is 1. The van der Waals surface area contributed by atoms with Gasteiger partial charge in [-0.25, -0.2) is 4.98 Å². The first-order chi connectivity index (χ1) is 10.1. The average molecular weight is 284 g/mol. The molecule has 2 aromatic rings. The largest absolute Gasteiger partial charge is 0.373 e. The Hall–Kier alpha value is -2.43. The fourth-order valence-corrected chi connectivity index (χ4v) is 2.08. The Morgan fingerprint density at radius 3 is 2.81 bits per heavy atom. The van der Waals surface area contributed by atoms with E-state index in [0.717, 1.165) is 17.7 Å². The van der Waals surface area contributed by atoms with Crippen LogP contribution in [0.25, 0.3) is 0 Å². The van der Waals surface area contributed by atoms with Gasteiger partial charge in [0, 0.05) is 44.3 Å². The molecule has 0 spiro atoms. The number of carbonyl (C=O) groups excluding carboxylic acids is 1. The van der Waals surface area contributed by atoms with Gasteiger partial charge in [0.15, 0.2) is 0 Å². The maximum atomic E-state index is 12.5. The lowest BCUT2D eigenvalue weighted by molar-refractivity contribution is 0.0785. The zero-order chi connectivity index (χ0) is 15.2. The van der Waals surface area contributed by atoms with Gasteiger partial charge in [-0.05, 0) is 30.2 Å². The van der Waals surface area contributed by atoms with Crippen molar-refractivity contribution in [3.05, 3.63) is 53.5 Å². The molecule has 2 heterocycles. The second-order valence-electron chi connectivity index (χ2n) is 4.86. The first-order valence-electron chi connectivity index (χ1n) is 6.97. The van der Waals surface area contributed by atoms with Gasteiger partial charge in [-0.1, -0.05) is 13.0 Å². The van der Waals surface area contributed by atoms with Gasteiger partial charge in [-0.2, -0.15) is 0 Å². The Labute approximate surface area is 125 Å². The molecule has 5 heteroatoms. The van der Waals surface area contributed by atoms with Crippen LogP contribution in [0.4, 0.5) is 5.82 Å². The van der Waals surface area contributed by atoms with Crippen LogP contribution in [0.1, 0.15) is 28.5 Å². The third kappa shape index (κ3) is 3.78. The molecule has 1 amide bonds. The van der Waals surface area contributed by atoms with Crippen molar-refractivity contribution in [2.75, 3.05) is 19.4 Å². The van der Waals surface area contributed by atoms with Crippen LogP contribution >= 0.6 is 0 Å². The van der Waals surface area contributed by atoms with Crippen LogP contribution in [0.15, 0.2) is 36.7 Å². The summed E-state index contributed by atoms with van der Waals surface area (Å²) in [5, 5.41) is 2.99. The van der Waals surface area contributed by atoms with E-state index in [-0.39, 0.29) is 5.91 Å². The van der Waals surface area contributed by atoms with Crippen LogP contribution < -0.4 is 5.32 Å². The molecule has 0 aliphatic rings. The summed E-state index contributed by atoms with van der Waals surface area (Å²) in [4.78, 5) is 22.7. The lowest BCUT2D eigenvalue weighted by Crippen LogP contribution is -2.26. The molecular formula is C16H20N4O. The topological polar surface area (TPSA) is 58.1 Å². The van der Waals surface area contributed by atoms with E-state index in [1.165, 1.54) is 0 Å². The van der Waals surface area contributed by atoms with E-state index in [4.69, 9.17) is 0 Å². The maximum absolute atomic E-state index is 12.5. The fraction of sp³-hybridized carbons (Fsp3) is 0.312. The summed E-state index contributed by atoms with van der Waals surface area (Å²) in [6.07, 6.45) is 4.29. The number of aryl methyl sites for hydroxylation is 1. The minimum absolute atomic E-state index is 0.0209. The van der Waals surface area contributed by atoms with Gasteiger partial charge < -0.3 is 10.2 Å². The van der Waals surface area contributed by atoms with Crippen molar-refractivity contribution in [1.82, 2.24) is 14.9 Å². The standard InChI is InChI=1S/C16H20N4O/c1-4-14-8-13(9-15(17-2)19-14)16(21)20(3)11-12-6-5-7-18-10-12/h5-10H,4,11H2,1-3H3,(H,17,19). The van der Waals surface area contributed by atoms with Gasteiger partial charge in [-0.3, -0.25) is 9.78 Å². The van der Waals surface area contributed by atoms with Gasteiger partial charge in [0.05, 0.1) is 0 Å². The van der Waals surface area contributed by atoms with Crippen LogP contribution in [-0.2, 0) is 13.0 Å². The second-order valence-corrected chi connectivity index (χ2v) is 4.86. The summed E-state index contributed by atoms with van der Waals surface area (Å²) in [5.74, 6) is 0.694. The van der Waals surface area contributed by atoms with Gasteiger partial charge in [0.1, 0.15) is 5.82 Å². The second kappa shape index (κ2) is 6.83. The highest BCUT2D eigenvalue weighted by Crippen LogP contribution is 2.14. The molecule has 0 unspecified atom stereocenters. The number of hydrogen-bond donors (Lipinski definition) is 1. The SMILES string of the molecule is CCc1cc(C(=O)N(C)Cc2cccnc2)cc(NC)n1. The van der Waals surface area contributed by atoms with Crippen LogP contribution in [0.5, 0.6) is 0 Å². The molecule has 0 aromatic carbocycles. The summed E-state index contributed by atoms with van der Waals surface area (Å²) in [6.45, 7) is 2.56. The molecule has 0 saturated heterocycles. The molecule has 0 saturated carbocycles. The quantitative estimate of drug-likeness (QED) is 0.915. The highest BCUT2D eigenvalue weighted by Gasteiger charge is 2.14. The van der Waals surface area contributed by atoms with E-state index in [0.29, 0.717) is 17.9 Å². The van der Waals surface area contributed by atoms with Crippen molar-refractivity contribution < 1.29 is 4.79 Å². The molecule has 21 heavy (non-hydrogen) atoms. The number of nitrogens with zero attached hydrogens (tertiary/aromatic N) is 3. The number of pyridine rings is 2. The summed E-state index contributed by atoms with van der Waals surface area (Å²) < 4.78 is 0.